The van der Waals surface area contributed by atoms with Crippen molar-refractivity contribution in [2.75, 3.05) is 11.9 Å². The number of carboxylic acids is 1. The highest BCUT2D eigenvalue weighted by Crippen LogP contribution is 2.38. The van der Waals surface area contributed by atoms with Gasteiger partial charge in [0, 0.05) is 12.1 Å². The van der Waals surface area contributed by atoms with Gasteiger partial charge in [-0.15, -0.1) is 11.3 Å². The molecule has 1 aromatic carbocycles. The van der Waals surface area contributed by atoms with E-state index in [2.05, 4.69) is 27.3 Å². The second-order valence-corrected chi connectivity index (χ2v) is 8.39. The molecule has 2 N–H and O–H groups in total. The van der Waals surface area contributed by atoms with Crippen LogP contribution in [0.5, 0.6) is 0 Å². The summed E-state index contributed by atoms with van der Waals surface area (Å²) in [5.74, 6) is 0.0909. The van der Waals surface area contributed by atoms with Gasteiger partial charge in [0.2, 0.25) is 0 Å². The van der Waals surface area contributed by atoms with Crippen molar-refractivity contribution in [3.05, 3.63) is 51.3 Å². The van der Waals surface area contributed by atoms with Crippen LogP contribution >= 0.6 is 27.3 Å². The topological polar surface area (TPSA) is 67.1 Å². The maximum Gasteiger partial charge on any atom is 0.335 e. The fourth-order valence-electron chi connectivity index (χ4n) is 3.07. The van der Waals surface area contributed by atoms with Crippen molar-refractivity contribution < 1.29 is 9.90 Å². The molecule has 0 radical (unpaired) electrons. The monoisotopic (exact) mass is 417 g/mol. The number of nitrogens with one attached hydrogen (secondary N) is 1. The number of anilines is 1. The van der Waals surface area contributed by atoms with Crippen molar-refractivity contribution in [1.29, 1.82) is 0 Å². The largest absolute Gasteiger partial charge is 0.478 e. The normalized spacial score (nSPS) is 13.8. The molecule has 0 amide bonds. The third-order valence-electron chi connectivity index (χ3n) is 4.29. The lowest BCUT2D eigenvalue weighted by molar-refractivity contribution is 0.0697. The maximum absolute atomic E-state index is 11.1. The molecule has 0 saturated heterocycles. The molecular weight excluding hydrogens is 402 g/mol. The van der Waals surface area contributed by atoms with Gasteiger partial charge in [0.15, 0.2) is 0 Å². The molecular formula is C18H16BrN3O2S. The van der Waals surface area contributed by atoms with E-state index in [1.807, 2.05) is 10.7 Å². The van der Waals surface area contributed by atoms with E-state index in [4.69, 9.17) is 10.2 Å². The van der Waals surface area contributed by atoms with Crippen LogP contribution in [0.3, 0.4) is 0 Å². The molecule has 0 unspecified atom stereocenters. The predicted molar refractivity (Wildman–Crippen MR) is 103 cm³/mol. The first-order valence-electron chi connectivity index (χ1n) is 8.08. The Morgan fingerprint density at radius 3 is 2.68 bits per heavy atom. The molecule has 0 fully saturated rings. The highest BCUT2D eigenvalue weighted by atomic mass is 79.9. The minimum absolute atomic E-state index is 0.275. The van der Waals surface area contributed by atoms with Crippen molar-refractivity contribution in [3.63, 3.8) is 0 Å². The Morgan fingerprint density at radius 1 is 1.20 bits per heavy atom. The highest BCUT2D eigenvalue weighted by molar-refractivity contribution is 9.11. The quantitative estimate of drug-likeness (QED) is 0.641. The summed E-state index contributed by atoms with van der Waals surface area (Å²) < 4.78 is 2.98. The molecule has 5 nitrogen and oxygen atoms in total. The summed E-state index contributed by atoms with van der Waals surface area (Å²) in [5, 5.41) is 17.5. The third kappa shape index (κ3) is 3.09. The second-order valence-electron chi connectivity index (χ2n) is 5.93. The lowest BCUT2D eigenvalue weighted by atomic mass is 10.1. The van der Waals surface area contributed by atoms with Gasteiger partial charge in [0.1, 0.15) is 11.5 Å². The maximum atomic E-state index is 11.1. The number of rotatable bonds is 3. The van der Waals surface area contributed by atoms with Gasteiger partial charge < -0.3 is 10.4 Å². The zero-order chi connectivity index (χ0) is 17.4. The number of carboxylic acid groups (broad SMARTS) is 1. The fraction of sp³-hybridized carbons (Fsp3) is 0.222. The molecule has 2 aromatic heterocycles. The standard InChI is InChI=1S/C18H16BrN3O2S/c19-15-9-8-14(25-15)16-13-3-1-2-10-20-17(13)22(21-16)12-6-4-11(5-7-12)18(23)24/h4-9,20H,1-3,10H2,(H,23,24). The highest BCUT2D eigenvalue weighted by Gasteiger charge is 2.22. The summed E-state index contributed by atoms with van der Waals surface area (Å²) in [4.78, 5) is 12.2. The molecule has 25 heavy (non-hydrogen) atoms. The smallest absolute Gasteiger partial charge is 0.335 e. The van der Waals surface area contributed by atoms with Gasteiger partial charge in [0.05, 0.1) is 19.9 Å². The number of hydrogen-bond acceptors (Lipinski definition) is 4. The minimum atomic E-state index is -0.923. The first kappa shape index (κ1) is 16.4. The van der Waals surface area contributed by atoms with E-state index in [1.165, 1.54) is 5.56 Å². The summed E-state index contributed by atoms with van der Waals surface area (Å²) in [6.45, 7) is 0.916. The number of thiophene rings is 1. The van der Waals surface area contributed by atoms with Crippen LogP contribution in [0.1, 0.15) is 28.8 Å². The lowest BCUT2D eigenvalue weighted by Crippen LogP contribution is -2.07. The zero-order valence-electron chi connectivity index (χ0n) is 13.3. The van der Waals surface area contributed by atoms with Crippen molar-refractivity contribution in [2.24, 2.45) is 0 Å². The number of benzene rings is 1. The van der Waals surface area contributed by atoms with Crippen LogP contribution in [0.2, 0.25) is 0 Å². The van der Waals surface area contributed by atoms with Gasteiger partial charge in [-0.1, -0.05) is 0 Å². The Labute approximate surface area is 157 Å². The molecule has 0 aliphatic carbocycles. The Balaban J connectivity index is 1.84. The number of fused-ring (bicyclic) bond motifs is 1. The average molecular weight is 418 g/mol. The summed E-state index contributed by atoms with van der Waals surface area (Å²) in [6, 6.07) is 11.0. The van der Waals surface area contributed by atoms with E-state index in [0.29, 0.717) is 0 Å². The van der Waals surface area contributed by atoms with Crippen molar-refractivity contribution in [2.45, 2.75) is 19.3 Å². The first-order chi connectivity index (χ1) is 12.1. The number of aromatic nitrogens is 2. The van der Waals surface area contributed by atoms with Crippen LogP contribution in [-0.4, -0.2) is 27.4 Å². The van der Waals surface area contributed by atoms with Crippen molar-refractivity contribution in [3.8, 4) is 16.3 Å². The molecule has 1 aliphatic rings. The van der Waals surface area contributed by atoms with Gasteiger partial charge in [-0.2, -0.15) is 5.10 Å². The molecule has 0 saturated carbocycles. The van der Waals surface area contributed by atoms with Gasteiger partial charge in [0.25, 0.3) is 0 Å². The first-order valence-corrected chi connectivity index (χ1v) is 9.69. The van der Waals surface area contributed by atoms with Crippen LogP contribution in [0.15, 0.2) is 40.2 Å². The number of aromatic carboxylic acids is 1. The third-order valence-corrected chi connectivity index (χ3v) is 5.93. The minimum Gasteiger partial charge on any atom is -0.478 e. The molecule has 0 spiro atoms. The number of halogens is 1. The van der Waals surface area contributed by atoms with Crippen molar-refractivity contribution >= 4 is 39.1 Å². The number of hydrogen-bond donors (Lipinski definition) is 2. The number of carbonyl (C=O) groups is 1. The molecule has 3 heterocycles. The Morgan fingerprint density at radius 2 is 2.00 bits per heavy atom. The summed E-state index contributed by atoms with van der Waals surface area (Å²) >= 11 is 5.20. The molecule has 3 aromatic rings. The average Bonchev–Trinajstić information content (AvgIpc) is 3.10. The summed E-state index contributed by atoms with van der Waals surface area (Å²) in [5.41, 5.74) is 3.37. The predicted octanol–water partition coefficient (Wildman–Crippen LogP) is 4.81. The van der Waals surface area contributed by atoms with Crippen LogP contribution < -0.4 is 5.32 Å². The fourth-order valence-corrected chi connectivity index (χ4v) is 4.47. The van der Waals surface area contributed by atoms with E-state index >= 15 is 0 Å². The molecule has 4 rings (SSSR count). The van der Waals surface area contributed by atoms with Crippen LogP contribution in [0.4, 0.5) is 5.82 Å². The van der Waals surface area contributed by atoms with Crippen molar-refractivity contribution in [1.82, 2.24) is 9.78 Å². The van der Waals surface area contributed by atoms with Crippen LogP contribution in [0.25, 0.3) is 16.3 Å². The van der Waals surface area contributed by atoms with Gasteiger partial charge in [-0.3, -0.25) is 0 Å². The zero-order valence-corrected chi connectivity index (χ0v) is 15.7. The molecule has 7 heteroatoms. The Bertz CT molecular complexity index is 930. The van der Waals surface area contributed by atoms with Gasteiger partial charge in [-0.05, 0) is 71.6 Å². The summed E-state index contributed by atoms with van der Waals surface area (Å²) in [7, 11) is 0. The van der Waals surface area contributed by atoms with E-state index in [1.54, 1.807) is 35.6 Å². The van der Waals surface area contributed by atoms with Gasteiger partial charge >= 0.3 is 5.97 Å². The van der Waals surface area contributed by atoms with Gasteiger partial charge in [-0.25, -0.2) is 9.48 Å². The molecule has 1 aliphatic heterocycles. The van der Waals surface area contributed by atoms with E-state index < -0.39 is 5.97 Å². The van der Waals surface area contributed by atoms with E-state index in [-0.39, 0.29) is 5.56 Å². The Kier molecular flexibility index (Phi) is 4.35. The summed E-state index contributed by atoms with van der Waals surface area (Å²) in [6.07, 6.45) is 3.24. The molecule has 0 bridgehead atoms. The van der Waals surface area contributed by atoms with E-state index in [0.717, 1.165) is 51.7 Å². The lowest BCUT2D eigenvalue weighted by Gasteiger charge is -2.09. The Hall–Kier alpha value is -2.12. The van der Waals surface area contributed by atoms with E-state index in [9.17, 15) is 4.79 Å². The van der Waals surface area contributed by atoms with Crippen LogP contribution in [0, 0.1) is 0 Å². The SMILES string of the molecule is O=C(O)c1ccc(-n2nc(-c3ccc(Br)s3)c3c2NCCCC3)cc1. The number of nitrogens with zero attached hydrogens (tertiary/aromatic N) is 2. The second kappa shape index (κ2) is 6.65. The van der Waals surface area contributed by atoms with Crippen LogP contribution in [-0.2, 0) is 6.42 Å². The molecule has 128 valence electrons. The molecule has 0 atom stereocenters.